The van der Waals surface area contributed by atoms with Crippen molar-refractivity contribution >= 4 is 61.0 Å². The number of nitrogens with zero attached hydrogens (tertiary/aromatic N) is 3. The lowest BCUT2D eigenvalue weighted by Crippen LogP contribution is -2.32. The van der Waals surface area contributed by atoms with Crippen molar-refractivity contribution in [3.63, 3.8) is 0 Å². The summed E-state index contributed by atoms with van der Waals surface area (Å²) in [7, 11) is 5.81. The molecule has 11 heteroatoms. The normalized spacial score (nSPS) is 14.0. The molecule has 2 aromatic heterocycles. The molecule has 1 aliphatic rings. The van der Waals surface area contributed by atoms with Gasteiger partial charge >= 0.3 is 5.97 Å². The molecule has 0 aliphatic carbocycles. The Kier molecular flexibility index (Phi) is 8.07. The minimum Gasteiger partial charge on any atom is -0.330 e. The molecule has 0 unspecified atom stereocenters. The lowest BCUT2D eigenvalue weighted by atomic mass is 10.4. The van der Waals surface area contributed by atoms with Crippen LogP contribution < -0.4 is 0 Å². The number of carbonyl (C=O) groups excluding carboxylic acids is 3. The predicted molar refractivity (Wildman–Crippen MR) is 111 cm³/mol. The van der Waals surface area contributed by atoms with Gasteiger partial charge < -0.3 is 4.84 Å². The Balaban J connectivity index is 1.58. The van der Waals surface area contributed by atoms with E-state index in [-0.39, 0.29) is 23.8 Å². The van der Waals surface area contributed by atoms with E-state index >= 15 is 0 Å². The molecule has 1 saturated heterocycles. The summed E-state index contributed by atoms with van der Waals surface area (Å²) < 4.78 is -0.209. The molecule has 0 saturated carbocycles. The van der Waals surface area contributed by atoms with Crippen LogP contribution in [0.4, 0.5) is 0 Å². The molecule has 0 spiro atoms. The summed E-state index contributed by atoms with van der Waals surface area (Å²) in [5.41, 5.74) is 0. The fourth-order valence-corrected chi connectivity index (χ4v) is 7.54. The van der Waals surface area contributed by atoms with Crippen LogP contribution in [0.1, 0.15) is 19.3 Å². The first-order valence-corrected chi connectivity index (χ1v) is 12.6. The molecule has 0 atom stereocenters. The molecule has 7 nitrogen and oxygen atoms in total. The molecule has 0 bridgehead atoms. The Labute approximate surface area is 177 Å². The first-order chi connectivity index (χ1) is 13.6. The van der Waals surface area contributed by atoms with Crippen LogP contribution >= 0.6 is 43.2 Å². The summed E-state index contributed by atoms with van der Waals surface area (Å²) in [6.45, 7) is 0. The predicted octanol–water partition coefficient (Wildman–Crippen LogP) is 3.98. The largest absolute Gasteiger partial charge is 0.335 e. The summed E-state index contributed by atoms with van der Waals surface area (Å²) in [6, 6.07) is 11.2. The van der Waals surface area contributed by atoms with Crippen LogP contribution in [0.2, 0.25) is 0 Å². The highest BCUT2D eigenvalue weighted by molar-refractivity contribution is 8.85. The molecular formula is C17H15N3O4S4. The van der Waals surface area contributed by atoms with Crippen molar-refractivity contribution in [3.8, 4) is 0 Å². The van der Waals surface area contributed by atoms with Gasteiger partial charge in [0.25, 0.3) is 11.8 Å². The third kappa shape index (κ3) is 6.43. The maximum atomic E-state index is 12.3. The molecule has 0 N–H and O–H groups in total. The van der Waals surface area contributed by atoms with Gasteiger partial charge in [-0.25, -0.2) is 14.8 Å². The maximum absolute atomic E-state index is 12.3. The Hall–Kier alpha value is -1.69. The molecule has 3 heterocycles. The first kappa shape index (κ1) is 21.0. The van der Waals surface area contributed by atoms with Gasteiger partial charge in [-0.05, 0) is 45.9 Å². The highest BCUT2D eigenvalue weighted by atomic mass is 33.1. The number of aromatic nitrogens is 2. The van der Waals surface area contributed by atoms with E-state index in [0.717, 1.165) is 10.1 Å². The molecular weight excluding hydrogens is 438 g/mol. The van der Waals surface area contributed by atoms with Crippen LogP contribution in [0.5, 0.6) is 0 Å². The zero-order valence-corrected chi connectivity index (χ0v) is 17.7. The number of pyridine rings is 2. The van der Waals surface area contributed by atoms with Crippen molar-refractivity contribution in [2.45, 2.75) is 33.9 Å². The number of imide groups is 1. The SMILES string of the molecule is O=C(CC(SSc1ccccn1)SSc1ccccn1)ON1C(=O)CCC1=O. The van der Waals surface area contributed by atoms with E-state index in [1.54, 1.807) is 12.4 Å². The van der Waals surface area contributed by atoms with E-state index in [2.05, 4.69) is 9.97 Å². The van der Waals surface area contributed by atoms with Crippen molar-refractivity contribution < 1.29 is 19.2 Å². The van der Waals surface area contributed by atoms with Gasteiger partial charge in [0.15, 0.2) is 0 Å². The number of rotatable bonds is 9. The van der Waals surface area contributed by atoms with Crippen LogP contribution in [0.25, 0.3) is 0 Å². The van der Waals surface area contributed by atoms with Crippen molar-refractivity contribution in [1.29, 1.82) is 0 Å². The van der Waals surface area contributed by atoms with Gasteiger partial charge in [-0.1, -0.05) is 33.7 Å². The van der Waals surface area contributed by atoms with Gasteiger partial charge in [0.2, 0.25) is 0 Å². The monoisotopic (exact) mass is 453 g/mol. The van der Waals surface area contributed by atoms with Crippen LogP contribution in [0.3, 0.4) is 0 Å². The van der Waals surface area contributed by atoms with E-state index in [0.29, 0.717) is 5.06 Å². The molecule has 1 fully saturated rings. The summed E-state index contributed by atoms with van der Waals surface area (Å²) in [5.74, 6) is -1.60. The average molecular weight is 454 g/mol. The molecule has 1 aliphatic heterocycles. The van der Waals surface area contributed by atoms with Crippen molar-refractivity contribution in [1.82, 2.24) is 15.0 Å². The summed E-state index contributed by atoms with van der Waals surface area (Å²) in [6.07, 6.45) is 3.57. The topological polar surface area (TPSA) is 89.5 Å². The van der Waals surface area contributed by atoms with Gasteiger partial charge in [0.05, 0.1) is 11.0 Å². The fraction of sp³-hybridized carbons (Fsp3) is 0.235. The number of carbonyl (C=O) groups is 3. The lowest BCUT2D eigenvalue weighted by molar-refractivity contribution is -0.197. The Bertz CT molecular complexity index is 766. The van der Waals surface area contributed by atoms with E-state index in [1.165, 1.54) is 43.2 Å². The van der Waals surface area contributed by atoms with E-state index in [4.69, 9.17) is 4.84 Å². The molecule has 2 amide bonds. The van der Waals surface area contributed by atoms with Gasteiger partial charge in [-0.15, -0.1) is 5.06 Å². The summed E-state index contributed by atoms with van der Waals surface area (Å²) >= 11 is 0. The first-order valence-electron chi connectivity index (χ1n) is 8.17. The van der Waals surface area contributed by atoms with Gasteiger partial charge in [0, 0.05) is 25.2 Å². The summed E-state index contributed by atoms with van der Waals surface area (Å²) in [5, 5.41) is 2.21. The minimum absolute atomic E-state index is 0.0199. The second-order valence-electron chi connectivity index (χ2n) is 5.37. The number of amides is 2. The smallest absolute Gasteiger partial charge is 0.330 e. The highest BCUT2D eigenvalue weighted by Gasteiger charge is 2.33. The van der Waals surface area contributed by atoms with Crippen LogP contribution in [-0.4, -0.2) is 37.4 Å². The van der Waals surface area contributed by atoms with Gasteiger partial charge in [-0.2, -0.15) is 0 Å². The molecule has 146 valence electrons. The van der Waals surface area contributed by atoms with Crippen molar-refractivity contribution in [2.24, 2.45) is 0 Å². The van der Waals surface area contributed by atoms with E-state index < -0.39 is 17.8 Å². The van der Waals surface area contributed by atoms with Gasteiger partial charge in [-0.3, -0.25) is 9.59 Å². The van der Waals surface area contributed by atoms with Crippen molar-refractivity contribution in [2.75, 3.05) is 0 Å². The molecule has 0 aromatic carbocycles. The summed E-state index contributed by atoms with van der Waals surface area (Å²) in [4.78, 5) is 49.0. The standard InChI is InChI=1S/C17H15N3O4S4/c21-14-7-8-15(22)20(14)24-16(23)11-17(27-25-12-5-1-3-9-18-12)28-26-13-6-2-4-10-19-13/h1-6,9-10,17H,7-8,11H2. The molecule has 3 rings (SSSR count). The lowest BCUT2D eigenvalue weighted by Gasteiger charge is -2.16. The number of hydrogen-bond acceptors (Lipinski definition) is 10. The highest BCUT2D eigenvalue weighted by Crippen LogP contribution is 2.46. The maximum Gasteiger partial charge on any atom is 0.335 e. The zero-order valence-electron chi connectivity index (χ0n) is 14.4. The van der Waals surface area contributed by atoms with Crippen LogP contribution in [0.15, 0.2) is 58.8 Å². The Morgan fingerprint density at radius 2 is 1.50 bits per heavy atom. The minimum atomic E-state index is -0.628. The number of hydrogen-bond donors (Lipinski definition) is 0. The average Bonchev–Trinajstić information content (AvgIpc) is 3.03. The second-order valence-corrected chi connectivity index (χ2v) is 10.5. The Morgan fingerprint density at radius 3 is 1.96 bits per heavy atom. The second kappa shape index (κ2) is 10.7. The third-order valence-corrected chi connectivity index (χ3v) is 9.37. The fourth-order valence-electron chi connectivity index (χ4n) is 2.02. The Morgan fingerprint density at radius 1 is 0.964 bits per heavy atom. The van der Waals surface area contributed by atoms with Crippen LogP contribution in [-0.2, 0) is 19.2 Å². The quantitative estimate of drug-likeness (QED) is 0.315. The third-order valence-electron chi connectivity index (χ3n) is 3.29. The van der Waals surface area contributed by atoms with Crippen molar-refractivity contribution in [3.05, 3.63) is 48.8 Å². The molecule has 2 aromatic rings. The van der Waals surface area contributed by atoms with E-state index in [1.807, 2.05) is 36.4 Å². The molecule has 0 radical (unpaired) electrons. The van der Waals surface area contributed by atoms with Crippen LogP contribution in [0, 0.1) is 0 Å². The zero-order chi connectivity index (χ0) is 19.8. The molecule has 28 heavy (non-hydrogen) atoms. The van der Waals surface area contributed by atoms with Gasteiger partial charge in [0.1, 0.15) is 10.1 Å². The van der Waals surface area contributed by atoms with E-state index in [9.17, 15) is 14.4 Å². The number of hydroxylamine groups is 2.